The van der Waals surface area contributed by atoms with Gasteiger partial charge < -0.3 is 14.7 Å². The van der Waals surface area contributed by atoms with E-state index in [9.17, 15) is 4.79 Å². The highest BCUT2D eigenvalue weighted by Gasteiger charge is 2.25. The molecule has 3 heterocycles. The van der Waals surface area contributed by atoms with Gasteiger partial charge in [0.2, 0.25) is 11.8 Å². The molecule has 2 aliphatic rings. The molecule has 5 rings (SSSR count). The molecule has 1 aromatic carbocycles. The van der Waals surface area contributed by atoms with Crippen molar-refractivity contribution in [3.63, 3.8) is 0 Å². The van der Waals surface area contributed by atoms with E-state index in [4.69, 9.17) is 21.4 Å². The van der Waals surface area contributed by atoms with Gasteiger partial charge in [0.1, 0.15) is 11.3 Å². The van der Waals surface area contributed by atoms with Crippen molar-refractivity contribution < 1.29 is 14.6 Å². The van der Waals surface area contributed by atoms with Gasteiger partial charge in [0.25, 0.3) is 0 Å². The smallest absolute Gasteiger partial charge is 0.223 e. The van der Waals surface area contributed by atoms with E-state index in [1.54, 1.807) is 6.20 Å². The summed E-state index contributed by atoms with van der Waals surface area (Å²) < 4.78 is 8.97. The summed E-state index contributed by atoms with van der Waals surface area (Å²) in [6.07, 6.45) is 5.97. The molecule has 3 aromatic rings. The van der Waals surface area contributed by atoms with Crippen molar-refractivity contribution in [2.75, 3.05) is 32.8 Å². The Kier molecular flexibility index (Phi) is 8.05. The molecule has 1 aliphatic carbocycles. The van der Waals surface area contributed by atoms with Crippen LogP contribution in [0.15, 0.2) is 28.9 Å². The van der Waals surface area contributed by atoms with Crippen LogP contribution >= 0.6 is 27.5 Å². The van der Waals surface area contributed by atoms with Crippen molar-refractivity contribution in [3.8, 4) is 11.6 Å². The van der Waals surface area contributed by atoms with Crippen LogP contribution in [0.3, 0.4) is 0 Å². The highest BCUT2D eigenvalue weighted by atomic mass is 79.9. The Morgan fingerprint density at radius 1 is 1.19 bits per heavy atom. The molecule has 11 heteroatoms. The monoisotopic (exact) mass is 576 g/mol. The topological polar surface area (TPSA) is 96.6 Å². The highest BCUT2D eigenvalue weighted by Crippen LogP contribution is 2.37. The zero-order valence-corrected chi connectivity index (χ0v) is 22.4. The molecule has 0 bridgehead atoms. The van der Waals surface area contributed by atoms with Crippen LogP contribution in [-0.2, 0) is 17.9 Å². The quantitative estimate of drug-likeness (QED) is 0.360. The molecular formula is C25H30BrClN6O3. The van der Waals surface area contributed by atoms with Crippen molar-refractivity contribution in [2.24, 2.45) is 5.92 Å². The average molecular weight is 578 g/mol. The number of ether oxygens (including phenoxy) is 1. The van der Waals surface area contributed by atoms with Crippen LogP contribution in [0.25, 0.3) is 11.0 Å². The number of rotatable bonds is 10. The fraction of sp³-hybridized carbons (Fsp3) is 0.520. The minimum absolute atomic E-state index is 0.129. The lowest BCUT2D eigenvalue weighted by Gasteiger charge is -2.35. The molecular weight excluding hydrogens is 548 g/mol. The summed E-state index contributed by atoms with van der Waals surface area (Å²) in [7, 11) is 0. The Labute approximate surface area is 223 Å². The highest BCUT2D eigenvalue weighted by molar-refractivity contribution is 9.10. The summed E-state index contributed by atoms with van der Waals surface area (Å²) in [5, 5.41) is 18.2. The SMILES string of the molecule is O=C(CCCCO)N1CCN(Cc2cc(Cl)cnc2Oc2ccc3c(nnn3CC3CC3)c2Br)CC1. The van der Waals surface area contributed by atoms with Gasteiger partial charge in [0.05, 0.1) is 15.0 Å². The molecule has 2 fully saturated rings. The molecule has 1 saturated heterocycles. The maximum absolute atomic E-state index is 12.4. The van der Waals surface area contributed by atoms with E-state index in [-0.39, 0.29) is 12.5 Å². The number of hydrogen-bond donors (Lipinski definition) is 1. The summed E-state index contributed by atoms with van der Waals surface area (Å²) >= 11 is 9.94. The van der Waals surface area contributed by atoms with E-state index in [0.29, 0.717) is 55.0 Å². The van der Waals surface area contributed by atoms with Crippen LogP contribution in [-0.4, -0.2) is 73.6 Å². The van der Waals surface area contributed by atoms with Crippen molar-refractivity contribution in [1.82, 2.24) is 29.8 Å². The third-order valence-electron chi connectivity index (χ3n) is 6.73. The number of aliphatic hydroxyl groups is 1. The number of benzene rings is 1. The number of carbonyl (C=O) groups is 1. The van der Waals surface area contributed by atoms with E-state index >= 15 is 0 Å². The molecule has 9 nitrogen and oxygen atoms in total. The number of amides is 1. The molecule has 1 amide bonds. The van der Waals surface area contributed by atoms with Gasteiger partial charge in [-0.3, -0.25) is 9.69 Å². The zero-order chi connectivity index (χ0) is 25.1. The number of pyridine rings is 1. The minimum Gasteiger partial charge on any atom is -0.437 e. The lowest BCUT2D eigenvalue weighted by Crippen LogP contribution is -2.48. The van der Waals surface area contributed by atoms with Gasteiger partial charge in [0, 0.05) is 64.1 Å². The number of aliphatic hydroxyl groups excluding tert-OH is 1. The van der Waals surface area contributed by atoms with Gasteiger partial charge in [-0.2, -0.15) is 0 Å². The third kappa shape index (κ3) is 5.99. The maximum Gasteiger partial charge on any atom is 0.223 e. The Balaban J connectivity index is 1.25. The molecule has 1 aliphatic heterocycles. The van der Waals surface area contributed by atoms with Gasteiger partial charge in [-0.15, -0.1) is 5.10 Å². The van der Waals surface area contributed by atoms with Crippen LogP contribution in [0.5, 0.6) is 11.6 Å². The van der Waals surface area contributed by atoms with Gasteiger partial charge in [-0.05, 0) is 65.7 Å². The minimum atomic E-state index is 0.129. The number of carbonyl (C=O) groups excluding carboxylic acids is 1. The zero-order valence-electron chi connectivity index (χ0n) is 20.1. The number of hydrogen-bond acceptors (Lipinski definition) is 7. The number of piperazine rings is 1. The first kappa shape index (κ1) is 25.4. The Hall–Kier alpha value is -2.27. The number of aromatic nitrogens is 4. The van der Waals surface area contributed by atoms with Crippen LogP contribution in [0.4, 0.5) is 0 Å². The lowest BCUT2D eigenvalue weighted by molar-refractivity contribution is -0.133. The Bertz CT molecular complexity index is 1230. The summed E-state index contributed by atoms with van der Waals surface area (Å²) in [6.45, 7) is 4.53. The summed E-state index contributed by atoms with van der Waals surface area (Å²) in [4.78, 5) is 21.0. The normalized spacial score (nSPS) is 16.6. The molecule has 2 aromatic heterocycles. The van der Waals surface area contributed by atoms with Crippen molar-refractivity contribution in [1.29, 1.82) is 0 Å². The number of nitrogens with zero attached hydrogens (tertiary/aromatic N) is 6. The predicted octanol–water partition coefficient (Wildman–Crippen LogP) is 4.25. The van der Waals surface area contributed by atoms with Crippen LogP contribution in [0.1, 0.15) is 37.7 Å². The van der Waals surface area contributed by atoms with Gasteiger partial charge >= 0.3 is 0 Å². The molecule has 0 spiro atoms. The number of fused-ring (bicyclic) bond motifs is 1. The van der Waals surface area contributed by atoms with Gasteiger partial charge in [-0.1, -0.05) is 16.8 Å². The summed E-state index contributed by atoms with van der Waals surface area (Å²) in [6, 6.07) is 5.79. The predicted molar refractivity (Wildman–Crippen MR) is 140 cm³/mol. The van der Waals surface area contributed by atoms with E-state index < -0.39 is 0 Å². The largest absolute Gasteiger partial charge is 0.437 e. The molecule has 0 radical (unpaired) electrons. The number of halogens is 2. The van der Waals surface area contributed by atoms with Crippen molar-refractivity contribution in [3.05, 3.63) is 39.5 Å². The van der Waals surface area contributed by atoms with Gasteiger partial charge in [-0.25, -0.2) is 9.67 Å². The molecule has 36 heavy (non-hydrogen) atoms. The van der Waals surface area contributed by atoms with E-state index in [1.165, 1.54) is 12.8 Å². The van der Waals surface area contributed by atoms with Crippen LogP contribution < -0.4 is 4.74 Å². The summed E-state index contributed by atoms with van der Waals surface area (Å²) in [5.41, 5.74) is 2.63. The van der Waals surface area contributed by atoms with Crippen LogP contribution in [0.2, 0.25) is 5.02 Å². The van der Waals surface area contributed by atoms with Gasteiger partial charge in [0.15, 0.2) is 0 Å². The van der Waals surface area contributed by atoms with E-state index in [2.05, 4.69) is 36.1 Å². The molecule has 0 atom stereocenters. The second kappa shape index (κ2) is 11.4. The first-order valence-electron chi connectivity index (χ1n) is 12.5. The van der Waals surface area contributed by atoms with Crippen LogP contribution in [0, 0.1) is 5.92 Å². The Morgan fingerprint density at radius 3 is 2.75 bits per heavy atom. The molecule has 1 saturated carbocycles. The van der Waals surface area contributed by atoms with Crippen molar-refractivity contribution >= 4 is 44.5 Å². The van der Waals surface area contributed by atoms with E-state index in [0.717, 1.165) is 47.1 Å². The maximum atomic E-state index is 12.4. The second-order valence-corrected chi connectivity index (χ2v) is 10.7. The fourth-order valence-electron chi connectivity index (χ4n) is 4.47. The first-order chi connectivity index (χ1) is 17.5. The Morgan fingerprint density at radius 2 is 2.00 bits per heavy atom. The fourth-order valence-corrected chi connectivity index (χ4v) is 5.14. The molecule has 0 unspecified atom stereocenters. The third-order valence-corrected chi connectivity index (χ3v) is 7.71. The lowest BCUT2D eigenvalue weighted by atomic mass is 10.2. The second-order valence-electron chi connectivity index (χ2n) is 9.52. The standard InChI is InChI=1S/C25H30BrClN6O3/c26-23-21(7-6-20-24(23)29-30-33(20)15-17-4-5-17)36-25-18(13-19(27)14-28-25)16-31-8-10-32(11-9-31)22(35)3-1-2-12-34/h6-7,13-14,17,34H,1-5,8-12,15-16H2. The average Bonchev–Trinajstić information content (AvgIpc) is 3.60. The molecule has 192 valence electrons. The molecule has 1 N–H and O–H groups in total. The number of unbranched alkanes of at least 4 members (excludes halogenated alkanes) is 1. The summed E-state index contributed by atoms with van der Waals surface area (Å²) in [5.74, 6) is 1.98. The van der Waals surface area contributed by atoms with E-state index in [1.807, 2.05) is 27.8 Å². The first-order valence-corrected chi connectivity index (χ1v) is 13.6. The van der Waals surface area contributed by atoms with Crippen molar-refractivity contribution in [2.45, 2.75) is 45.2 Å².